The zero-order chi connectivity index (χ0) is 22.4. The standard InChI is InChI=1S/C26H32N2O4/c1-2-3-15-30-17-18-31-16-13-27-19-23(29)21-32-26-11-7-10-25-24(26)12-14-28(25)20-22-8-5-4-6-9-22/h1,4-12,14,23,27,29H,3,13,15-21H2. The molecule has 1 atom stereocenters. The lowest BCUT2D eigenvalue weighted by atomic mass is 10.2. The van der Waals surface area contributed by atoms with E-state index in [-0.39, 0.29) is 6.61 Å². The quantitative estimate of drug-likeness (QED) is 0.283. The Kier molecular flexibility index (Phi) is 10.1. The minimum atomic E-state index is -0.608. The van der Waals surface area contributed by atoms with Crippen molar-refractivity contribution in [2.75, 3.05) is 46.1 Å². The van der Waals surface area contributed by atoms with Crippen molar-refractivity contribution in [3.8, 4) is 18.1 Å². The van der Waals surface area contributed by atoms with Gasteiger partial charge in [-0.15, -0.1) is 12.3 Å². The van der Waals surface area contributed by atoms with Gasteiger partial charge in [0.15, 0.2) is 0 Å². The van der Waals surface area contributed by atoms with E-state index < -0.39 is 6.10 Å². The van der Waals surface area contributed by atoms with E-state index in [0.717, 1.165) is 23.2 Å². The summed E-state index contributed by atoms with van der Waals surface area (Å²) in [6.45, 7) is 4.31. The second kappa shape index (κ2) is 13.6. The van der Waals surface area contributed by atoms with E-state index in [9.17, 15) is 5.11 Å². The largest absolute Gasteiger partial charge is 0.490 e. The monoisotopic (exact) mass is 436 g/mol. The van der Waals surface area contributed by atoms with Crippen molar-refractivity contribution in [1.29, 1.82) is 0 Å². The molecule has 0 saturated heterocycles. The van der Waals surface area contributed by atoms with Crippen molar-refractivity contribution in [3.05, 3.63) is 66.4 Å². The molecule has 0 aliphatic heterocycles. The third-order valence-electron chi connectivity index (χ3n) is 4.97. The number of aromatic nitrogens is 1. The SMILES string of the molecule is C#CCCOCCOCCNCC(O)COc1cccc2c1ccn2Cc1ccccc1. The molecule has 32 heavy (non-hydrogen) atoms. The maximum atomic E-state index is 10.2. The fourth-order valence-electron chi connectivity index (χ4n) is 3.35. The smallest absolute Gasteiger partial charge is 0.128 e. The summed E-state index contributed by atoms with van der Waals surface area (Å²) in [5.74, 6) is 3.30. The minimum Gasteiger partial charge on any atom is -0.490 e. The molecule has 0 aliphatic rings. The third kappa shape index (κ3) is 7.70. The Labute approximate surface area is 190 Å². The summed E-state index contributed by atoms with van der Waals surface area (Å²) in [4.78, 5) is 0. The van der Waals surface area contributed by atoms with Crippen LogP contribution in [0.5, 0.6) is 5.75 Å². The summed E-state index contributed by atoms with van der Waals surface area (Å²) in [7, 11) is 0. The number of benzene rings is 2. The summed E-state index contributed by atoms with van der Waals surface area (Å²) < 4.78 is 18.9. The lowest BCUT2D eigenvalue weighted by Gasteiger charge is -2.14. The van der Waals surface area contributed by atoms with Crippen LogP contribution in [0.25, 0.3) is 10.9 Å². The van der Waals surface area contributed by atoms with Gasteiger partial charge in [0.1, 0.15) is 18.5 Å². The minimum absolute atomic E-state index is 0.222. The van der Waals surface area contributed by atoms with Crippen LogP contribution in [0.1, 0.15) is 12.0 Å². The molecule has 0 amide bonds. The van der Waals surface area contributed by atoms with Gasteiger partial charge >= 0.3 is 0 Å². The molecular formula is C26H32N2O4. The zero-order valence-corrected chi connectivity index (χ0v) is 18.4. The molecule has 1 heterocycles. The maximum absolute atomic E-state index is 10.2. The summed E-state index contributed by atoms with van der Waals surface area (Å²) in [6.07, 6.45) is 7.24. The normalized spacial score (nSPS) is 12.0. The van der Waals surface area contributed by atoms with E-state index in [1.54, 1.807) is 0 Å². The molecule has 6 nitrogen and oxygen atoms in total. The first kappa shape index (κ1) is 23.8. The van der Waals surface area contributed by atoms with Gasteiger partial charge in [0.2, 0.25) is 0 Å². The summed E-state index contributed by atoms with van der Waals surface area (Å²) in [5, 5.41) is 14.5. The van der Waals surface area contributed by atoms with Crippen molar-refractivity contribution in [3.63, 3.8) is 0 Å². The Hall–Kier alpha value is -2.82. The molecule has 2 N–H and O–H groups in total. The molecule has 2 aromatic carbocycles. The molecule has 170 valence electrons. The van der Waals surface area contributed by atoms with Gasteiger partial charge < -0.3 is 29.2 Å². The number of fused-ring (bicyclic) bond motifs is 1. The number of nitrogens with one attached hydrogen (secondary N) is 1. The number of terminal acetylenes is 1. The van der Waals surface area contributed by atoms with Gasteiger partial charge in [0.05, 0.1) is 31.9 Å². The number of rotatable bonds is 15. The fraction of sp³-hybridized carbons (Fsp3) is 0.385. The van der Waals surface area contributed by atoms with Crippen molar-refractivity contribution in [2.45, 2.75) is 19.1 Å². The Morgan fingerprint density at radius 1 is 0.969 bits per heavy atom. The summed E-state index contributed by atoms with van der Waals surface area (Å²) in [5.41, 5.74) is 2.36. The Bertz CT molecular complexity index is 965. The lowest BCUT2D eigenvalue weighted by Crippen LogP contribution is -2.33. The molecule has 1 unspecified atom stereocenters. The number of aliphatic hydroxyl groups is 1. The maximum Gasteiger partial charge on any atom is 0.128 e. The van der Waals surface area contributed by atoms with Crippen molar-refractivity contribution in [2.24, 2.45) is 0 Å². The van der Waals surface area contributed by atoms with Gasteiger partial charge in [-0.2, -0.15) is 0 Å². The second-order valence-corrected chi connectivity index (χ2v) is 7.47. The van der Waals surface area contributed by atoms with Crippen LogP contribution in [0.4, 0.5) is 0 Å². The van der Waals surface area contributed by atoms with Crippen LogP contribution in [0.2, 0.25) is 0 Å². The number of nitrogens with zero attached hydrogens (tertiary/aromatic N) is 1. The number of hydrogen-bond donors (Lipinski definition) is 2. The van der Waals surface area contributed by atoms with Crippen LogP contribution in [-0.4, -0.2) is 61.9 Å². The first-order valence-electron chi connectivity index (χ1n) is 11.0. The predicted octanol–water partition coefficient (Wildman–Crippen LogP) is 3.08. The molecule has 0 radical (unpaired) electrons. The van der Waals surface area contributed by atoms with Crippen LogP contribution >= 0.6 is 0 Å². The lowest BCUT2D eigenvalue weighted by molar-refractivity contribution is 0.0491. The predicted molar refractivity (Wildman–Crippen MR) is 127 cm³/mol. The molecule has 0 aliphatic carbocycles. The third-order valence-corrected chi connectivity index (χ3v) is 4.97. The highest BCUT2D eigenvalue weighted by atomic mass is 16.5. The van der Waals surface area contributed by atoms with Crippen molar-refractivity contribution < 1.29 is 19.3 Å². The second-order valence-electron chi connectivity index (χ2n) is 7.47. The Morgan fingerprint density at radius 3 is 2.59 bits per heavy atom. The first-order valence-corrected chi connectivity index (χ1v) is 11.0. The molecule has 1 aromatic heterocycles. The zero-order valence-electron chi connectivity index (χ0n) is 18.4. The van der Waals surface area contributed by atoms with E-state index in [2.05, 4.69) is 46.3 Å². The van der Waals surface area contributed by atoms with Crippen LogP contribution in [0, 0.1) is 12.3 Å². The van der Waals surface area contributed by atoms with E-state index in [1.807, 2.05) is 30.3 Å². The number of aliphatic hydroxyl groups excluding tert-OH is 1. The highest BCUT2D eigenvalue weighted by Crippen LogP contribution is 2.27. The molecule has 0 saturated carbocycles. The van der Waals surface area contributed by atoms with Gasteiger partial charge in [0, 0.05) is 37.6 Å². The van der Waals surface area contributed by atoms with E-state index in [4.69, 9.17) is 20.6 Å². The highest BCUT2D eigenvalue weighted by Gasteiger charge is 2.10. The first-order chi connectivity index (χ1) is 15.8. The van der Waals surface area contributed by atoms with Crippen molar-refractivity contribution in [1.82, 2.24) is 9.88 Å². The fourth-order valence-corrected chi connectivity index (χ4v) is 3.35. The number of hydrogen-bond acceptors (Lipinski definition) is 5. The molecule has 6 heteroatoms. The van der Waals surface area contributed by atoms with Gasteiger partial charge in [-0.05, 0) is 23.8 Å². The molecule has 0 fully saturated rings. The van der Waals surface area contributed by atoms with Gasteiger partial charge in [-0.1, -0.05) is 36.4 Å². The van der Waals surface area contributed by atoms with Gasteiger partial charge in [-0.25, -0.2) is 0 Å². The van der Waals surface area contributed by atoms with Crippen molar-refractivity contribution >= 4 is 10.9 Å². The topological polar surface area (TPSA) is 64.9 Å². The van der Waals surface area contributed by atoms with Crippen LogP contribution in [-0.2, 0) is 16.0 Å². The summed E-state index contributed by atoms with van der Waals surface area (Å²) in [6, 6.07) is 18.4. The molecule has 0 bridgehead atoms. The number of ether oxygens (including phenoxy) is 3. The molecule has 3 aromatic rings. The molecule has 3 rings (SSSR count). The van der Waals surface area contributed by atoms with Gasteiger partial charge in [-0.3, -0.25) is 0 Å². The van der Waals surface area contributed by atoms with Gasteiger partial charge in [0.25, 0.3) is 0 Å². The summed E-state index contributed by atoms with van der Waals surface area (Å²) >= 11 is 0. The molecule has 0 spiro atoms. The average Bonchev–Trinajstić information content (AvgIpc) is 3.23. The van der Waals surface area contributed by atoms with Crippen LogP contribution in [0.15, 0.2) is 60.8 Å². The van der Waals surface area contributed by atoms with Crippen LogP contribution < -0.4 is 10.1 Å². The van der Waals surface area contributed by atoms with Crippen LogP contribution in [0.3, 0.4) is 0 Å². The Balaban J connectivity index is 1.36. The van der Waals surface area contributed by atoms with E-state index >= 15 is 0 Å². The Morgan fingerprint density at radius 2 is 1.78 bits per heavy atom. The van der Waals surface area contributed by atoms with E-state index in [0.29, 0.717) is 45.9 Å². The van der Waals surface area contributed by atoms with E-state index in [1.165, 1.54) is 5.56 Å². The average molecular weight is 437 g/mol. The highest BCUT2D eigenvalue weighted by molar-refractivity contribution is 5.86. The molecular weight excluding hydrogens is 404 g/mol.